The summed E-state index contributed by atoms with van der Waals surface area (Å²) in [6.07, 6.45) is 1.23. The minimum atomic E-state index is -0.380. The van der Waals surface area contributed by atoms with Crippen LogP contribution >= 0.6 is 11.6 Å². The van der Waals surface area contributed by atoms with Crippen molar-refractivity contribution in [3.63, 3.8) is 0 Å². The normalized spacial score (nSPS) is 11.8. The molecule has 5 rings (SSSR count). The van der Waals surface area contributed by atoms with Gasteiger partial charge in [0, 0.05) is 17.0 Å². The van der Waals surface area contributed by atoms with Gasteiger partial charge in [-0.2, -0.15) is 0 Å². The lowest BCUT2D eigenvalue weighted by molar-refractivity contribution is -0.117. The molecule has 1 amide bonds. The Balaban J connectivity index is 1.59. The van der Waals surface area contributed by atoms with Gasteiger partial charge in [-0.05, 0) is 55.3 Å². The van der Waals surface area contributed by atoms with Crippen LogP contribution in [-0.2, 0) is 24.2 Å². The Labute approximate surface area is 225 Å². The zero-order valence-electron chi connectivity index (χ0n) is 21.4. The Morgan fingerprint density at radius 1 is 1.08 bits per heavy atom. The molecule has 4 aromatic rings. The molecule has 8 nitrogen and oxygen atoms in total. The van der Waals surface area contributed by atoms with Crippen LogP contribution in [0.4, 0.5) is 5.69 Å². The number of rotatable bonds is 8. The number of hydrogen-bond acceptors (Lipinski definition) is 5. The number of anilines is 1. The predicted molar refractivity (Wildman–Crippen MR) is 147 cm³/mol. The van der Waals surface area contributed by atoms with Crippen LogP contribution in [0.2, 0.25) is 5.02 Å². The number of ether oxygens (including phenoxy) is 3. The van der Waals surface area contributed by atoms with Gasteiger partial charge in [0.05, 0.1) is 30.7 Å². The Bertz CT molecular complexity index is 1560. The average molecular weight is 534 g/mol. The highest BCUT2D eigenvalue weighted by atomic mass is 35.5. The van der Waals surface area contributed by atoms with E-state index in [1.165, 1.54) is 11.8 Å². The highest BCUT2D eigenvalue weighted by Gasteiger charge is 2.31. The number of para-hydroxylation sites is 1. The number of benzene rings is 3. The first-order valence-electron chi connectivity index (χ1n) is 12.4. The van der Waals surface area contributed by atoms with Crippen molar-refractivity contribution in [3.8, 4) is 28.8 Å². The Morgan fingerprint density at radius 3 is 2.58 bits per heavy atom. The number of methoxy groups -OCH3 is 1. The summed E-state index contributed by atoms with van der Waals surface area (Å²) in [6, 6.07) is 18.3. The quantitative estimate of drug-likeness (QED) is 0.281. The number of aromatic nitrogens is 2. The summed E-state index contributed by atoms with van der Waals surface area (Å²) < 4.78 is 20.5. The van der Waals surface area contributed by atoms with Gasteiger partial charge in [0.2, 0.25) is 11.8 Å². The largest absolute Gasteiger partial charge is 0.495 e. The van der Waals surface area contributed by atoms with Gasteiger partial charge in [-0.1, -0.05) is 42.8 Å². The molecule has 1 aromatic heterocycles. The van der Waals surface area contributed by atoms with Crippen molar-refractivity contribution in [1.29, 1.82) is 0 Å². The van der Waals surface area contributed by atoms with Crippen molar-refractivity contribution in [1.82, 2.24) is 9.36 Å². The Kier molecular flexibility index (Phi) is 7.15. The van der Waals surface area contributed by atoms with E-state index in [0.29, 0.717) is 58.1 Å². The fraction of sp³-hybridized carbons (Fsp3) is 0.241. The predicted octanol–water partition coefficient (Wildman–Crippen LogP) is 5.60. The number of nitrogens with one attached hydrogen (secondary N) is 1. The zero-order valence-corrected chi connectivity index (χ0v) is 22.2. The molecule has 0 atom stereocenters. The molecule has 196 valence electrons. The maximum atomic E-state index is 13.8. The van der Waals surface area contributed by atoms with Gasteiger partial charge >= 0.3 is 0 Å². The summed E-state index contributed by atoms with van der Waals surface area (Å²) in [7, 11) is 1.51. The van der Waals surface area contributed by atoms with Crippen molar-refractivity contribution in [2.24, 2.45) is 0 Å². The Morgan fingerprint density at radius 2 is 1.87 bits per heavy atom. The highest BCUT2D eigenvalue weighted by Crippen LogP contribution is 2.42. The van der Waals surface area contributed by atoms with Gasteiger partial charge in [0.1, 0.15) is 12.3 Å². The second-order valence-electron chi connectivity index (χ2n) is 8.83. The molecule has 0 spiro atoms. The van der Waals surface area contributed by atoms with E-state index in [9.17, 15) is 9.59 Å². The lowest BCUT2D eigenvalue weighted by Crippen LogP contribution is -2.27. The van der Waals surface area contributed by atoms with E-state index in [2.05, 4.69) is 12.2 Å². The molecular weight excluding hydrogens is 506 g/mol. The van der Waals surface area contributed by atoms with Crippen LogP contribution < -0.4 is 25.1 Å². The van der Waals surface area contributed by atoms with E-state index in [-0.39, 0.29) is 18.0 Å². The molecule has 38 heavy (non-hydrogen) atoms. The number of carbonyl (C=O) groups excluding carboxylic acids is 1. The number of hydrogen-bond donors (Lipinski definition) is 1. The minimum absolute atomic E-state index is 0.193. The van der Waals surface area contributed by atoms with E-state index in [4.69, 9.17) is 25.8 Å². The van der Waals surface area contributed by atoms with Crippen LogP contribution in [0.25, 0.3) is 5.69 Å². The van der Waals surface area contributed by atoms with Crippen LogP contribution in [0.1, 0.15) is 30.5 Å². The Hall–Kier alpha value is -4.17. The number of fused-ring (bicyclic) bond motifs is 2. The second-order valence-corrected chi connectivity index (χ2v) is 9.26. The van der Waals surface area contributed by atoms with Crippen LogP contribution in [0.5, 0.6) is 23.1 Å². The van der Waals surface area contributed by atoms with Gasteiger partial charge in [0.25, 0.3) is 5.56 Å². The maximum absolute atomic E-state index is 13.8. The molecule has 1 N–H and O–H groups in total. The van der Waals surface area contributed by atoms with E-state index in [0.717, 1.165) is 17.5 Å². The summed E-state index contributed by atoms with van der Waals surface area (Å²) in [5.74, 6) is 1.53. The van der Waals surface area contributed by atoms with E-state index in [1.807, 2.05) is 49.4 Å². The smallest absolute Gasteiger partial charge is 0.278 e. The highest BCUT2D eigenvalue weighted by molar-refractivity contribution is 6.31. The average Bonchev–Trinajstić information content (AvgIpc) is 3.18. The summed E-state index contributed by atoms with van der Waals surface area (Å²) in [5.41, 5.74) is 3.27. The number of carbonyl (C=O) groups is 1. The molecule has 0 bridgehead atoms. The first-order chi connectivity index (χ1) is 18.4. The molecule has 1 aliphatic heterocycles. The van der Waals surface area contributed by atoms with Gasteiger partial charge in [0.15, 0.2) is 11.5 Å². The molecule has 0 aliphatic carbocycles. The zero-order chi connectivity index (χ0) is 26.8. The van der Waals surface area contributed by atoms with Crippen molar-refractivity contribution in [3.05, 3.63) is 92.7 Å². The fourth-order valence-electron chi connectivity index (χ4n) is 4.59. The first kappa shape index (κ1) is 25.5. The molecule has 0 unspecified atom stereocenters. The van der Waals surface area contributed by atoms with Gasteiger partial charge in [-0.3, -0.25) is 9.59 Å². The van der Waals surface area contributed by atoms with E-state index < -0.39 is 0 Å². The van der Waals surface area contributed by atoms with Crippen molar-refractivity contribution in [2.75, 3.05) is 19.0 Å². The van der Waals surface area contributed by atoms with Crippen LogP contribution in [0.3, 0.4) is 0 Å². The summed E-state index contributed by atoms with van der Waals surface area (Å²) >= 11 is 6.14. The van der Waals surface area contributed by atoms with E-state index >= 15 is 0 Å². The SMILES string of the molecule is CCOc1cccc2c1Oc1c(c(=O)n(-c3ccc(CC)cc3)n1CC(=O)Nc1cc(Cl)ccc1OC)C2. The molecule has 0 radical (unpaired) electrons. The monoisotopic (exact) mass is 533 g/mol. The third kappa shape index (κ3) is 4.75. The number of amides is 1. The second kappa shape index (κ2) is 10.7. The number of halogens is 1. The van der Waals surface area contributed by atoms with E-state index in [1.54, 1.807) is 22.9 Å². The molecule has 3 aromatic carbocycles. The molecular formula is C29H28ClN3O5. The molecule has 0 saturated heterocycles. The van der Waals surface area contributed by atoms with Crippen molar-refractivity contribution in [2.45, 2.75) is 33.2 Å². The van der Waals surface area contributed by atoms with Gasteiger partial charge in [-0.15, -0.1) is 0 Å². The molecule has 1 aliphatic rings. The molecule has 9 heteroatoms. The molecule has 2 heterocycles. The lowest BCUT2D eigenvalue weighted by Gasteiger charge is -2.21. The lowest BCUT2D eigenvalue weighted by atomic mass is 10.0. The van der Waals surface area contributed by atoms with Crippen molar-refractivity contribution < 1.29 is 19.0 Å². The maximum Gasteiger partial charge on any atom is 0.278 e. The topological polar surface area (TPSA) is 83.7 Å². The van der Waals surface area contributed by atoms with Crippen LogP contribution in [-0.4, -0.2) is 29.0 Å². The number of nitrogens with zero attached hydrogens (tertiary/aromatic N) is 2. The summed E-state index contributed by atoms with van der Waals surface area (Å²) in [5, 5.41) is 3.30. The van der Waals surface area contributed by atoms with Gasteiger partial charge in [-0.25, -0.2) is 9.36 Å². The summed E-state index contributed by atoms with van der Waals surface area (Å²) in [6.45, 7) is 4.24. The first-order valence-corrected chi connectivity index (χ1v) is 12.8. The summed E-state index contributed by atoms with van der Waals surface area (Å²) in [4.78, 5) is 27.1. The van der Waals surface area contributed by atoms with Gasteiger partial charge < -0.3 is 19.5 Å². The standard InChI is InChI=1S/C29H28ClN3O5/c1-4-18-9-12-21(13-10-18)33-28(35)22-15-19-7-6-8-25(37-5-2)27(19)38-29(22)32(33)17-26(34)31-23-16-20(30)11-14-24(23)36-3/h6-14,16H,4-5,15,17H2,1-3H3,(H,31,34). The van der Waals surface area contributed by atoms with Crippen molar-refractivity contribution >= 4 is 23.2 Å². The fourth-order valence-corrected chi connectivity index (χ4v) is 4.76. The number of aryl methyl sites for hydroxylation is 1. The third-order valence-corrected chi connectivity index (χ3v) is 6.66. The molecule has 0 saturated carbocycles. The molecule has 0 fully saturated rings. The van der Waals surface area contributed by atoms with Crippen LogP contribution in [0.15, 0.2) is 65.5 Å². The minimum Gasteiger partial charge on any atom is -0.495 e. The third-order valence-electron chi connectivity index (χ3n) is 6.43. The van der Waals surface area contributed by atoms with Crippen LogP contribution in [0, 0.1) is 0 Å².